The Kier molecular flexibility index (Phi) is 0.988. The lowest BCUT2D eigenvalue weighted by atomic mass is 9.50. The van der Waals surface area contributed by atoms with Gasteiger partial charge >= 0.3 is 0 Å². The van der Waals surface area contributed by atoms with E-state index in [1.54, 1.807) is 0 Å². The summed E-state index contributed by atoms with van der Waals surface area (Å²) in [5.41, 5.74) is 0.388. The Morgan fingerprint density at radius 3 is 2.60 bits per heavy atom. The predicted molar refractivity (Wildman–Crippen MR) is 40.7 cm³/mol. The fourth-order valence-corrected chi connectivity index (χ4v) is 2.32. The maximum atomic E-state index is 9.41. The van der Waals surface area contributed by atoms with Gasteiger partial charge in [0, 0.05) is 5.92 Å². The van der Waals surface area contributed by atoms with Crippen molar-refractivity contribution in [2.75, 3.05) is 0 Å². The van der Waals surface area contributed by atoms with Crippen LogP contribution in [0.1, 0.15) is 26.7 Å². The fourth-order valence-electron chi connectivity index (χ4n) is 2.32. The molecule has 0 aromatic rings. The van der Waals surface area contributed by atoms with Crippen molar-refractivity contribution in [2.24, 2.45) is 17.3 Å². The summed E-state index contributed by atoms with van der Waals surface area (Å²) >= 11 is 0. The summed E-state index contributed by atoms with van der Waals surface area (Å²) in [6.07, 6.45) is 4.30. The smallest absolute Gasteiger partial charge is 0.0919 e. The first-order chi connectivity index (χ1) is 4.62. The summed E-state index contributed by atoms with van der Waals surface area (Å²) in [5.74, 6) is 1.96. The Hall–Kier alpha value is -0.460. The number of allylic oxidation sites excluding steroid dienone is 2. The third-order valence-corrected chi connectivity index (χ3v) is 3.44. The van der Waals surface area contributed by atoms with Gasteiger partial charge in [0.2, 0.25) is 0 Å². The molecule has 1 saturated carbocycles. The van der Waals surface area contributed by atoms with Crippen LogP contribution in [0.25, 0.3) is 0 Å². The Bertz CT molecular complexity index is 191. The van der Waals surface area contributed by atoms with Gasteiger partial charge < -0.3 is 5.11 Å². The SMILES string of the molecule is CC1(C)[C@H]2CC=C(O)[C@@H]1C2. The zero-order valence-corrected chi connectivity index (χ0v) is 6.59. The second-order valence-corrected chi connectivity index (χ2v) is 4.17. The highest BCUT2D eigenvalue weighted by molar-refractivity contribution is 5.17. The molecule has 56 valence electrons. The van der Waals surface area contributed by atoms with Gasteiger partial charge in [-0.05, 0) is 30.3 Å². The number of fused-ring (bicyclic) bond motifs is 1. The van der Waals surface area contributed by atoms with Gasteiger partial charge in [-0.15, -0.1) is 0 Å². The van der Waals surface area contributed by atoms with E-state index < -0.39 is 0 Å². The van der Waals surface area contributed by atoms with Gasteiger partial charge in [0.15, 0.2) is 0 Å². The molecule has 0 aliphatic heterocycles. The van der Waals surface area contributed by atoms with Crippen molar-refractivity contribution < 1.29 is 5.11 Å². The topological polar surface area (TPSA) is 20.2 Å². The average Bonchev–Trinajstić information content (AvgIpc) is 1.87. The van der Waals surface area contributed by atoms with E-state index in [4.69, 9.17) is 0 Å². The summed E-state index contributed by atoms with van der Waals surface area (Å²) in [6, 6.07) is 0. The molecule has 0 radical (unpaired) electrons. The molecular weight excluding hydrogens is 124 g/mol. The molecule has 2 bridgehead atoms. The van der Waals surface area contributed by atoms with Gasteiger partial charge in [-0.25, -0.2) is 0 Å². The molecule has 10 heavy (non-hydrogen) atoms. The molecule has 0 aromatic carbocycles. The first kappa shape index (κ1) is 6.26. The monoisotopic (exact) mass is 138 g/mol. The van der Waals surface area contributed by atoms with Crippen LogP contribution in [-0.2, 0) is 0 Å². The van der Waals surface area contributed by atoms with Crippen molar-refractivity contribution in [3.05, 3.63) is 11.8 Å². The molecule has 0 spiro atoms. The van der Waals surface area contributed by atoms with Crippen molar-refractivity contribution in [1.82, 2.24) is 0 Å². The Labute approximate surface area is 61.8 Å². The standard InChI is InChI=1S/C9H14O/c1-9(2)6-3-4-8(10)7(9)5-6/h4,6-7,10H,3,5H2,1-2H3/t6-,7-/m0/s1. The number of aliphatic hydroxyl groups excluding tert-OH is 1. The molecule has 3 aliphatic rings. The van der Waals surface area contributed by atoms with Crippen molar-refractivity contribution >= 4 is 0 Å². The molecule has 2 atom stereocenters. The van der Waals surface area contributed by atoms with Crippen molar-refractivity contribution in [2.45, 2.75) is 26.7 Å². The predicted octanol–water partition coefficient (Wildman–Crippen LogP) is 2.49. The lowest BCUT2D eigenvalue weighted by Gasteiger charge is -2.54. The van der Waals surface area contributed by atoms with Crippen molar-refractivity contribution in [3.63, 3.8) is 0 Å². The second-order valence-electron chi connectivity index (χ2n) is 4.17. The number of hydrogen-bond acceptors (Lipinski definition) is 1. The van der Waals surface area contributed by atoms with Gasteiger partial charge in [-0.1, -0.05) is 13.8 Å². The third-order valence-electron chi connectivity index (χ3n) is 3.44. The summed E-state index contributed by atoms with van der Waals surface area (Å²) in [4.78, 5) is 0. The van der Waals surface area contributed by atoms with Gasteiger partial charge in [-0.3, -0.25) is 0 Å². The first-order valence-electron chi connectivity index (χ1n) is 4.01. The Balaban J connectivity index is 2.30. The van der Waals surface area contributed by atoms with Gasteiger partial charge in [0.1, 0.15) is 0 Å². The van der Waals surface area contributed by atoms with Crippen LogP contribution in [0.4, 0.5) is 0 Å². The van der Waals surface area contributed by atoms with Crippen LogP contribution >= 0.6 is 0 Å². The molecule has 0 aromatic heterocycles. The minimum Gasteiger partial charge on any atom is -0.512 e. The molecule has 1 heteroatoms. The van der Waals surface area contributed by atoms with Gasteiger partial charge in [0.05, 0.1) is 5.76 Å². The van der Waals surface area contributed by atoms with Crippen LogP contribution in [0.5, 0.6) is 0 Å². The molecule has 3 aliphatic carbocycles. The highest BCUT2D eigenvalue weighted by Gasteiger charge is 2.51. The minimum absolute atomic E-state index is 0.388. The van der Waals surface area contributed by atoms with Crippen LogP contribution in [0.15, 0.2) is 11.8 Å². The lowest BCUT2D eigenvalue weighted by Crippen LogP contribution is -2.47. The van der Waals surface area contributed by atoms with Crippen molar-refractivity contribution in [1.29, 1.82) is 0 Å². The quantitative estimate of drug-likeness (QED) is 0.545. The van der Waals surface area contributed by atoms with E-state index in [1.165, 1.54) is 6.42 Å². The maximum Gasteiger partial charge on any atom is 0.0919 e. The zero-order valence-electron chi connectivity index (χ0n) is 6.59. The Morgan fingerprint density at radius 1 is 1.60 bits per heavy atom. The van der Waals surface area contributed by atoms with E-state index in [1.807, 2.05) is 6.08 Å². The van der Waals surface area contributed by atoms with Crippen LogP contribution < -0.4 is 0 Å². The van der Waals surface area contributed by atoms with E-state index in [-0.39, 0.29) is 0 Å². The Morgan fingerprint density at radius 2 is 2.30 bits per heavy atom. The maximum absolute atomic E-state index is 9.41. The normalized spacial score (nSPS) is 42.0. The second kappa shape index (κ2) is 1.58. The largest absolute Gasteiger partial charge is 0.512 e. The molecule has 3 rings (SSSR count). The van der Waals surface area contributed by atoms with Crippen LogP contribution in [0.2, 0.25) is 0 Å². The molecule has 1 fully saturated rings. The van der Waals surface area contributed by atoms with E-state index in [0.29, 0.717) is 17.1 Å². The molecule has 0 amide bonds. The number of rotatable bonds is 0. The summed E-state index contributed by atoms with van der Waals surface area (Å²) in [7, 11) is 0. The molecule has 1 N–H and O–H groups in total. The van der Waals surface area contributed by atoms with Crippen LogP contribution in [-0.4, -0.2) is 5.11 Å². The summed E-state index contributed by atoms with van der Waals surface area (Å²) < 4.78 is 0. The summed E-state index contributed by atoms with van der Waals surface area (Å²) in [5, 5.41) is 9.41. The molecule has 1 nitrogen and oxygen atoms in total. The highest BCUT2D eigenvalue weighted by atomic mass is 16.3. The van der Waals surface area contributed by atoms with Gasteiger partial charge in [-0.2, -0.15) is 0 Å². The zero-order chi connectivity index (χ0) is 7.35. The average molecular weight is 138 g/mol. The summed E-state index contributed by atoms with van der Waals surface area (Å²) in [6.45, 7) is 4.52. The number of hydrogen-bond donors (Lipinski definition) is 1. The first-order valence-corrected chi connectivity index (χ1v) is 4.01. The third kappa shape index (κ3) is 0.536. The van der Waals surface area contributed by atoms with Crippen LogP contribution in [0, 0.1) is 17.3 Å². The van der Waals surface area contributed by atoms with Crippen LogP contribution in [0.3, 0.4) is 0 Å². The van der Waals surface area contributed by atoms with E-state index in [0.717, 1.165) is 12.3 Å². The van der Waals surface area contributed by atoms with E-state index in [9.17, 15) is 5.11 Å². The van der Waals surface area contributed by atoms with Gasteiger partial charge in [0.25, 0.3) is 0 Å². The fraction of sp³-hybridized carbons (Fsp3) is 0.778. The van der Waals surface area contributed by atoms with E-state index in [2.05, 4.69) is 13.8 Å². The number of aliphatic hydroxyl groups is 1. The molecule has 0 unspecified atom stereocenters. The van der Waals surface area contributed by atoms with Crippen molar-refractivity contribution in [3.8, 4) is 0 Å². The molecular formula is C9H14O. The minimum atomic E-state index is 0.388. The lowest BCUT2D eigenvalue weighted by molar-refractivity contribution is -0.0328. The molecule has 0 saturated heterocycles. The van der Waals surface area contributed by atoms with E-state index >= 15 is 0 Å². The highest BCUT2D eigenvalue weighted by Crippen LogP contribution is 2.58. The molecule has 0 heterocycles.